The number of carbonyl (C=O) groups excluding carboxylic acids is 1. The highest BCUT2D eigenvalue weighted by atomic mass is 35.5. The van der Waals surface area contributed by atoms with Crippen LogP contribution >= 0.6 is 11.6 Å². The van der Waals surface area contributed by atoms with E-state index >= 15 is 0 Å². The van der Waals surface area contributed by atoms with Gasteiger partial charge in [0, 0.05) is 30.2 Å². The first-order valence-corrected chi connectivity index (χ1v) is 12.9. The van der Waals surface area contributed by atoms with Gasteiger partial charge < -0.3 is 14.8 Å². The van der Waals surface area contributed by atoms with Gasteiger partial charge in [0.1, 0.15) is 23.8 Å². The number of benzene rings is 2. The summed E-state index contributed by atoms with van der Waals surface area (Å²) in [5.74, 6) is 0.977. The predicted molar refractivity (Wildman–Crippen MR) is 147 cm³/mol. The van der Waals surface area contributed by atoms with Crippen LogP contribution in [0.5, 0.6) is 5.75 Å². The average Bonchev–Trinajstić information content (AvgIpc) is 3.54. The topological polar surface area (TPSA) is 120 Å². The number of amides is 1. The van der Waals surface area contributed by atoms with Gasteiger partial charge in [-0.25, -0.2) is 19.4 Å². The third kappa shape index (κ3) is 6.43. The van der Waals surface area contributed by atoms with Crippen molar-refractivity contribution in [2.45, 2.75) is 52.4 Å². The molecule has 1 unspecified atom stereocenters. The van der Waals surface area contributed by atoms with Crippen LogP contribution in [0.25, 0.3) is 11.1 Å². The number of aromatic nitrogens is 6. The van der Waals surface area contributed by atoms with Crippen molar-refractivity contribution in [2.24, 2.45) is 0 Å². The van der Waals surface area contributed by atoms with Crippen molar-refractivity contribution >= 4 is 35.0 Å². The maximum Gasteiger partial charge on any atom is 0.414 e. The molecule has 12 heteroatoms. The molecule has 3 heterocycles. The Hall–Kier alpha value is -4.25. The number of carbonyl (C=O) groups is 1. The normalized spacial score (nSPS) is 13.6. The van der Waals surface area contributed by atoms with Gasteiger partial charge in [0.05, 0.1) is 17.3 Å². The number of nitrogens with one attached hydrogen (secondary N) is 1. The van der Waals surface area contributed by atoms with Crippen molar-refractivity contribution in [3.63, 3.8) is 0 Å². The lowest BCUT2D eigenvalue weighted by Gasteiger charge is -2.25. The fraction of sp³-hybridized carbons (Fsp3) is 0.333. The van der Waals surface area contributed by atoms with Gasteiger partial charge in [0.15, 0.2) is 0 Å². The van der Waals surface area contributed by atoms with Gasteiger partial charge in [0.25, 0.3) is 0 Å². The molecular weight excluding hydrogens is 520 g/mol. The highest BCUT2D eigenvalue weighted by molar-refractivity contribution is 6.32. The van der Waals surface area contributed by atoms with Crippen LogP contribution in [0.3, 0.4) is 0 Å². The van der Waals surface area contributed by atoms with Crippen LogP contribution < -0.4 is 15.0 Å². The summed E-state index contributed by atoms with van der Waals surface area (Å²) < 4.78 is 13.2. The molecule has 0 radical (unpaired) electrons. The van der Waals surface area contributed by atoms with E-state index in [1.807, 2.05) is 58.0 Å². The number of ether oxygens (including phenoxy) is 2. The molecule has 0 spiro atoms. The number of halogens is 1. The molecule has 202 valence electrons. The van der Waals surface area contributed by atoms with Crippen molar-refractivity contribution in [1.82, 2.24) is 30.2 Å². The van der Waals surface area contributed by atoms with Crippen LogP contribution in [-0.4, -0.2) is 54.5 Å². The largest absolute Gasteiger partial charge is 0.487 e. The number of hydrogen-bond acceptors (Lipinski definition) is 9. The van der Waals surface area contributed by atoms with Gasteiger partial charge in [-0.1, -0.05) is 23.7 Å². The maximum absolute atomic E-state index is 12.7. The van der Waals surface area contributed by atoms with E-state index in [1.54, 1.807) is 28.0 Å². The number of tetrazole rings is 1. The summed E-state index contributed by atoms with van der Waals surface area (Å²) in [6.07, 6.45) is 5.21. The van der Waals surface area contributed by atoms with Crippen LogP contribution in [0.15, 0.2) is 55.1 Å². The van der Waals surface area contributed by atoms with E-state index in [-0.39, 0.29) is 12.2 Å². The lowest BCUT2D eigenvalue weighted by molar-refractivity contribution is 0.0584. The van der Waals surface area contributed by atoms with Gasteiger partial charge in [-0.15, -0.1) is 5.10 Å². The van der Waals surface area contributed by atoms with E-state index in [0.717, 1.165) is 34.5 Å². The standard InChI is InChI=1S/C27H29ClN8O3/c1-17(15-35-16-31-33-34-35)38-24-11-19(6-8-22(24)28)20-13-29-25(30-14-20)32-21-7-5-18-9-10-36(23(18)12-21)26(37)39-27(2,3)4/h5-8,11-14,16-17H,9-10,15H2,1-4H3,(H,29,30,32). The van der Waals surface area contributed by atoms with E-state index in [9.17, 15) is 4.79 Å². The average molecular weight is 549 g/mol. The molecule has 1 aliphatic heterocycles. The Morgan fingerprint density at radius 2 is 1.92 bits per heavy atom. The Balaban J connectivity index is 1.27. The molecule has 39 heavy (non-hydrogen) atoms. The minimum atomic E-state index is -0.559. The third-order valence-electron chi connectivity index (χ3n) is 5.93. The lowest BCUT2D eigenvalue weighted by Crippen LogP contribution is -2.35. The van der Waals surface area contributed by atoms with E-state index in [1.165, 1.54) is 6.33 Å². The van der Waals surface area contributed by atoms with Crippen LogP contribution in [0.1, 0.15) is 33.3 Å². The van der Waals surface area contributed by atoms with Gasteiger partial charge in [-0.2, -0.15) is 0 Å². The van der Waals surface area contributed by atoms with Gasteiger partial charge in [0.2, 0.25) is 5.95 Å². The van der Waals surface area contributed by atoms with Gasteiger partial charge >= 0.3 is 6.09 Å². The molecule has 2 aromatic heterocycles. The summed E-state index contributed by atoms with van der Waals surface area (Å²) in [6, 6.07) is 11.4. The summed E-state index contributed by atoms with van der Waals surface area (Å²) in [4.78, 5) is 23.3. The minimum absolute atomic E-state index is 0.206. The summed E-state index contributed by atoms with van der Waals surface area (Å²) >= 11 is 6.38. The Bertz CT molecular complexity index is 1460. The van der Waals surface area contributed by atoms with Crippen molar-refractivity contribution in [2.75, 3.05) is 16.8 Å². The number of rotatable bonds is 7. The van der Waals surface area contributed by atoms with E-state index in [4.69, 9.17) is 21.1 Å². The second kappa shape index (κ2) is 10.9. The Kier molecular flexibility index (Phi) is 7.34. The molecule has 4 aromatic rings. The highest BCUT2D eigenvalue weighted by Crippen LogP contribution is 2.34. The second-order valence-corrected chi connectivity index (χ2v) is 10.7. The monoisotopic (exact) mass is 548 g/mol. The molecule has 0 aliphatic carbocycles. The Labute approximate surface area is 231 Å². The van der Waals surface area contributed by atoms with E-state index in [0.29, 0.717) is 29.8 Å². The maximum atomic E-state index is 12.7. The zero-order valence-corrected chi connectivity index (χ0v) is 22.9. The molecule has 0 bridgehead atoms. The summed E-state index contributed by atoms with van der Waals surface area (Å²) in [7, 11) is 0. The van der Waals surface area contributed by atoms with Crippen LogP contribution in [0, 0.1) is 0 Å². The first-order valence-electron chi connectivity index (χ1n) is 12.5. The number of hydrogen-bond donors (Lipinski definition) is 1. The van der Waals surface area contributed by atoms with Crippen molar-refractivity contribution < 1.29 is 14.3 Å². The fourth-order valence-electron chi connectivity index (χ4n) is 4.19. The molecule has 1 atom stereocenters. The molecular formula is C27H29ClN8O3. The number of fused-ring (bicyclic) bond motifs is 1. The summed E-state index contributed by atoms with van der Waals surface area (Å²) in [5.41, 5.74) is 3.80. The molecule has 1 N–H and O–H groups in total. The molecule has 1 amide bonds. The highest BCUT2D eigenvalue weighted by Gasteiger charge is 2.29. The number of anilines is 3. The van der Waals surface area contributed by atoms with Crippen LogP contribution in [0.2, 0.25) is 5.02 Å². The van der Waals surface area contributed by atoms with Crippen molar-refractivity contribution in [3.05, 3.63) is 65.7 Å². The minimum Gasteiger partial charge on any atom is -0.487 e. The first kappa shape index (κ1) is 26.4. The molecule has 0 fully saturated rings. The van der Waals surface area contributed by atoms with E-state index < -0.39 is 5.60 Å². The zero-order valence-electron chi connectivity index (χ0n) is 22.1. The third-order valence-corrected chi connectivity index (χ3v) is 6.24. The molecule has 0 saturated carbocycles. The van der Waals surface area contributed by atoms with Crippen molar-refractivity contribution in [1.29, 1.82) is 0 Å². The Morgan fingerprint density at radius 3 is 2.64 bits per heavy atom. The fourth-order valence-corrected chi connectivity index (χ4v) is 4.35. The quantitative estimate of drug-likeness (QED) is 0.328. The van der Waals surface area contributed by atoms with Gasteiger partial charge in [-0.3, -0.25) is 4.90 Å². The smallest absolute Gasteiger partial charge is 0.414 e. The molecule has 5 rings (SSSR count). The molecule has 0 saturated heterocycles. The molecule has 11 nitrogen and oxygen atoms in total. The summed E-state index contributed by atoms with van der Waals surface area (Å²) in [5, 5.41) is 14.9. The Morgan fingerprint density at radius 1 is 1.13 bits per heavy atom. The van der Waals surface area contributed by atoms with E-state index in [2.05, 4.69) is 30.8 Å². The van der Waals surface area contributed by atoms with Crippen molar-refractivity contribution in [3.8, 4) is 16.9 Å². The lowest BCUT2D eigenvalue weighted by atomic mass is 10.1. The molecule has 1 aliphatic rings. The summed E-state index contributed by atoms with van der Waals surface area (Å²) in [6.45, 7) is 8.56. The number of nitrogens with zero attached hydrogens (tertiary/aromatic N) is 7. The SMILES string of the molecule is CC(Cn1cnnn1)Oc1cc(-c2cnc(Nc3ccc4c(c3)N(C(=O)OC(C)(C)C)CC4)nc2)ccc1Cl. The van der Waals surface area contributed by atoms with Crippen LogP contribution in [0.4, 0.5) is 22.1 Å². The van der Waals surface area contributed by atoms with Gasteiger partial charge in [-0.05, 0) is 79.9 Å². The zero-order chi connectivity index (χ0) is 27.6. The first-order chi connectivity index (χ1) is 18.6. The van der Waals surface area contributed by atoms with Crippen LogP contribution in [-0.2, 0) is 17.7 Å². The predicted octanol–water partition coefficient (Wildman–Crippen LogP) is 5.29. The second-order valence-electron chi connectivity index (χ2n) is 10.3. The molecule has 2 aromatic carbocycles.